The van der Waals surface area contributed by atoms with Crippen molar-refractivity contribution in [3.63, 3.8) is 0 Å². The summed E-state index contributed by atoms with van der Waals surface area (Å²) >= 11 is 0. The van der Waals surface area contributed by atoms with E-state index in [1.165, 1.54) is 0 Å². The minimum Gasteiger partial charge on any atom is -0.395 e. The number of aliphatic hydroxyl groups excluding tert-OH is 2. The topological polar surface area (TPSA) is 56.6 Å². The lowest BCUT2D eigenvalue weighted by Crippen LogP contribution is -2.33. The summed E-state index contributed by atoms with van der Waals surface area (Å²) in [5.74, 6) is -0.595. The van der Waals surface area contributed by atoms with E-state index in [1.807, 2.05) is 0 Å². The van der Waals surface area contributed by atoms with Gasteiger partial charge >= 0.3 is 0 Å². The smallest absolute Gasteiger partial charge is 0.255 e. The minimum absolute atomic E-state index is 0.0586. The molecule has 1 aromatic heterocycles. The molecule has 0 fully saturated rings. The van der Waals surface area contributed by atoms with E-state index in [2.05, 4.69) is 4.98 Å². The number of halogens is 3. The van der Waals surface area contributed by atoms with Crippen LogP contribution in [0.2, 0.25) is 0 Å². The van der Waals surface area contributed by atoms with Crippen LogP contribution in [0.25, 0.3) is 0 Å². The Hall–Kier alpha value is -1.34. The van der Waals surface area contributed by atoms with Crippen LogP contribution in [0.4, 0.5) is 19.0 Å². The zero-order chi connectivity index (χ0) is 12.8. The van der Waals surface area contributed by atoms with Gasteiger partial charge in [0.2, 0.25) is 0 Å². The number of hydrogen-bond acceptors (Lipinski definition) is 4. The van der Waals surface area contributed by atoms with Crippen LogP contribution in [-0.4, -0.2) is 41.3 Å². The summed E-state index contributed by atoms with van der Waals surface area (Å²) in [6.45, 7) is -1.54. The van der Waals surface area contributed by atoms with Crippen LogP contribution in [0.1, 0.15) is 5.56 Å². The lowest BCUT2D eigenvalue weighted by molar-refractivity contribution is 0.152. The molecule has 0 radical (unpaired) electrons. The minimum atomic E-state index is -2.61. The maximum Gasteiger partial charge on any atom is 0.255 e. The molecule has 17 heavy (non-hydrogen) atoms. The fourth-order valence-electron chi connectivity index (χ4n) is 1.45. The van der Waals surface area contributed by atoms with Gasteiger partial charge in [-0.25, -0.2) is 18.2 Å². The van der Waals surface area contributed by atoms with Crippen LogP contribution in [0.5, 0.6) is 0 Å². The first kappa shape index (κ1) is 13.7. The second kappa shape index (κ2) is 6.41. The summed E-state index contributed by atoms with van der Waals surface area (Å²) in [6.07, 6.45) is -1.73. The summed E-state index contributed by atoms with van der Waals surface area (Å²) in [5.41, 5.74) is 0.110. The van der Waals surface area contributed by atoms with E-state index in [0.29, 0.717) is 0 Å². The van der Waals surface area contributed by atoms with Crippen LogP contribution in [0.3, 0.4) is 0 Å². The molecular weight excluding hydrogens is 237 g/mol. The van der Waals surface area contributed by atoms with Crippen molar-refractivity contribution in [2.24, 2.45) is 0 Å². The molecule has 1 aromatic rings. The molecule has 0 aliphatic carbocycles. The predicted molar refractivity (Wildman–Crippen MR) is 55.4 cm³/mol. The molecule has 0 saturated heterocycles. The van der Waals surface area contributed by atoms with Crippen molar-refractivity contribution >= 4 is 5.82 Å². The van der Waals surface area contributed by atoms with Gasteiger partial charge in [-0.05, 0) is 6.07 Å². The van der Waals surface area contributed by atoms with E-state index in [9.17, 15) is 13.2 Å². The Morgan fingerprint density at radius 2 is 2.06 bits per heavy atom. The normalized spacial score (nSPS) is 10.9. The highest BCUT2D eigenvalue weighted by atomic mass is 19.3. The van der Waals surface area contributed by atoms with Crippen LogP contribution in [-0.2, 0) is 6.61 Å². The number of rotatable bonds is 6. The molecule has 0 saturated carbocycles. The molecule has 0 aromatic carbocycles. The standard InChI is InChI=1S/C10H13F3N2O2/c11-8-3-7(6-17)10(14-4-8)15(1-2-16)5-9(12)13/h3-4,9,16-17H,1-2,5-6H2. The Morgan fingerprint density at radius 1 is 1.35 bits per heavy atom. The first-order chi connectivity index (χ1) is 8.08. The van der Waals surface area contributed by atoms with Gasteiger partial charge in [-0.3, -0.25) is 0 Å². The summed E-state index contributed by atoms with van der Waals surface area (Å²) in [6, 6.07) is 1.03. The second-order valence-corrected chi connectivity index (χ2v) is 3.36. The predicted octanol–water partition coefficient (Wildman–Crippen LogP) is 0.777. The van der Waals surface area contributed by atoms with Crippen molar-refractivity contribution in [3.05, 3.63) is 23.6 Å². The molecule has 7 heteroatoms. The summed E-state index contributed by atoms with van der Waals surface area (Å²) in [7, 11) is 0. The van der Waals surface area contributed by atoms with Gasteiger partial charge in [0, 0.05) is 12.1 Å². The molecule has 0 aliphatic heterocycles. The third-order valence-electron chi connectivity index (χ3n) is 2.11. The number of aliphatic hydroxyl groups is 2. The number of aromatic nitrogens is 1. The maximum atomic E-state index is 12.9. The van der Waals surface area contributed by atoms with Crippen LogP contribution >= 0.6 is 0 Å². The van der Waals surface area contributed by atoms with E-state index in [-0.39, 0.29) is 24.5 Å². The van der Waals surface area contributed by atoms with E-state index >= 15 is 0 Å². The Balaban J connectivity index is 2.99. The number of pyridine rings is 1. The highest BCUT2D eigenvalue weighted by Gasteiger charge is 2.17. The van der Waals surface area contributed by atoms with Crippen LogP contribution < -0.4 is 4.90 Å². The van der Waals surface area contributed by atoms with E-state index < -0.39 is 25.4 Å². The van der Waals surface area contributed by atoms with Gasteiger partial charge in [-0.2, -0.15) is 0 Å². The number of anilines is 1. The zero-order valence-corrected chi connectivity index (χ0v) is 8.98. The quantitative estimate of drug-likeness (QED) is 0.783. The molecule has 96 valence electrons. The zero-order valence-electron chi connectivity index (χ0n) is 8.98. The van der Waals surface area contributed by atoms with Crippen molar-refractivity contribution in [1.29, 1.82) is 0 Å². The molecule has 0 unspecified atom stereocenters. The lowest BCUT2D eigenvalue weighted by atomic mass is 10.2. The number of hydrogen-bond donors (Lipinski definition) is 2. The van der Waals surface area contributed by atoms with Gasteiger partial charge in [-0.1, -0.05) is 0 Å². The Bertz CT molecular complexity index is 363. The number of nitrogens with zero attached hydrogens (tertiary/aromatic N) is 2. The molecular formula is C10H13F3N2O2. The molecule has 0 atom stereocenters. The van der Waals surface area contributed by atoms with E-state index in [0.717, 1.165) is 17.2 Å². The van der Waals surface area contributed by atoms with Gasteiger partial charge in [0.1, 0.15) is 11.6 Å². The Morgan fingerprint density at radius 3 is 2.59 bits per heavy atom. The summed E-state index contributed by atoms with van der Waals surface area (Å²) in [4.78, 5) is 4.77. The van der Waals surface area contributed by atoms with Gasteiger partial charge in [0.25, 0.3) is 6.43 Å². The molecule has 1 heterocycles. The highest BCUT2D eigenvalue weighted by Crippen LogP contribution is 2.19. The molecule has 1 rings (SSSR count). The molecule has 0 bridgehead atoms. The van der Waals surface area contributed by atoms with Crippen LogP contribution in [0.15, 0.2) is 12.3 Å². The molecule has 4 nitrogen and oxygen atoms in total. The fourth-order valence-corrected chi connectivity index (χ4v) is 1.45. The maximum absolute atomic E-state index is 12.9. The molecule has 0 amide bonds. The third kappa shape index (κ3) is 3.86. The summed E-state index contributed by atoms with van der Waals surface area (Å²) < 4.78 is 37.5. The van der Waals surface area contributed by atoms with Gasteiger partial charge in [-0.15, -0.1) is 0 Å². The monoisotopic (exact) mass is 250 g/mol. The largest absolute Gasteiger partial charge is 0.395 e. The summed E-state index contributed by atoms with van der Waals surface area (Å²) in [5, 5.41) is 17.8. The van der Waals surface area contributed by atoms with Gasteiger partial charge < -0.3 is 15.1 Å². The van der Waals surface area contributed by atoms with Crippen molar-refractivity contribution in [1.82, 2.24) is 4.98 Å². The van der Waals surface area contributed by atoms with Crippen molar-refractivity contribution in [2.45, 2.75) is 13.0 Å². The average molecular weight is 250 g/mol. The van der Waals surface area contributed by atoms with Crippen LogP contribution in [0, 0.1) is 5.82 Å². The van der Waals surface area contributed by atoms with Crippen molar-refractivity contribution in [2.75, 3.05) is 24.6 Å². The first-order valence-electron chi connectivity index (χ1n) is 4.97. The van der Waals surface area contributed by atoms with Gasteiger partial charge in [0.15, 0.2) is 0 Å². The molecule has 0 aliphatic rings. The highest BCUT2D eigenvalue weighted by molar-refractivity contribution is 5.46. The van der Waals surface area contributed by atoms with Crippen molar-refractivity contribution < 1.29 is 23.4 Å². The first-order valence-corrected chi connectivity index (χ1v) is 4.97. The van der Waals surface area contributed by atoms with Gasteiger partial charge in [0.05, 0.1) is 26.0 Å². The van der Waals surface area contributed by atoms with Crippen molar-refractivity contribution in [3.8, 4) is 0 Å². The number of alkyl halides is 2. The lowest BCUT2D eigenvalue weighted by Gasteiger charge is -2.24. The Labute approximate surface area is 96.3 Å². The van der Waals surface area contributed by atoms with E-state index in [4.69, 9.17) is 10.2 Å². The average Bonchev–Trinajstić information content (AvgIpc) is 2.27. The Kier molecular flexibility index (Phi) is 5.17. The third-order valence-corrected chi connectivity index (χ3v) is 2.11. The van der Waals surface area contributed by atoms with E-state index in [1.54, 1.807) is 0 Å². The molecule has 0 spiro atoms. The fraction of sp³-hybridized carbons (Fsp3) is 0.500. The molecule has 2 N–H and O–H groups in total. The SMILES string of the molecule is OCCN(CC(F)F)c1ncc(F)cc1CO. The second-order valence-electron chi connectivity index (χ2n) is 3.36.